The first kappa shape index (κ1) is 17.0. The normalized spacial score (nSPS) is 35.7. The van der Waals surface area contributed by atoms with Gasteiger partial charge in [0.05, 0.1) is 6.10 Å². The monoisotopic (exact) mass is 332 g/mol. The summed E-state index contributed by atoms with van der Waals surface area (Å²) in [7, 11) is -4.04. The van der Waals surface area contributed by atoms with Crippen LogP contribution in [0.4, 0.5) is 0 Å². The number of ether oxygens (including phenoxy) is 2. The summed E-state index contributed by atoms with van der Waals surface area (Å²) in [6, 6.07) is 0. The molecule has 4 atom stereocenters. The van der Waals surface area contributed by atoms with Gasteiger partial charge in [-0.05, 0) is 32.6 Å². The summed E-state index contributed by atoms with van der Waals surface area (Å²) in [6.45, 7) is 7.40. The fourth-order valence-electron chi connectivity index (χ4n) is 2.87. The van der Waals surface area contributed by atoms with Gasteiger partial charge in [-0.1, -0.05) is 13.5 Å². The molecule has 0 spiro atoms. The van der Waals surface area contributed by atoms with Crippen LogP contribution in [0.1, 0.15) is 33.6 Å². The van der Waals surface area contributed by atoms with E-state index in [0.29, 0.717) is 12.8 Å². The molecule has 1 heterocycles. The van der Waals surface area contributed by atoms with Gasteiger partial charge in [0.25, 0.3) is 0 Å². The first-order valence-corrected chi connectivity index (χ1v) is 8.45. The number of rotatable bonds is 4. The zero-order valence-electron chi connectivity index (χ0n) is 12.8. The molecule has 0 amide bonds. The molecule has 2 fully saturated rings. The van der Waals surface area contributed by atoms with Gasteiger partial charge in [-0.3, -0.25) is 4.18 Å². The minimum atomic E-state index is -4.04. The fourth-order valence-corrected chi connectivity index (χ4v) is 4.45. The summed E-state index contributed by atoms with van der Waals surface area (Å²) in [5, 5.41) is 0. The highest BCUT2D eigenvalue weighted by molar-refractivity contribution is 7.88. The van der Waals surface area contributed by atoms with Crippen LogP contribution in [0.5, 0.6) is 0 Å². The molecule has 1 saturated carbocycles. The molecule has 1 saturated heterocycles. The van der Waals surface area contributed by atoms with E-state index in [2.05, 4.69) is 11.3 Å². The summed E-state index contributed by atoms with van der Waals surface area (Å²) >= 11 is 0. The molecule has 1 aliphatic carbocycles. The number of carbonyl (C=O) groups is 2. The van der Waals surface area contributed by atoms with Crippen LogP contribution in [0, 0.1) is 11.8 Å². The predicted octanol–water partition coefficient (Wildman–Crippen LogP) is 1.14. The molecule has 0 N–H and O–H groups in total. The summed E-state index contributed by atoms with van der Waals surface area (Å²) in [4.78, 5) is 21.3. The molecule has 124 valence electrons. The smallest absolute Gasteiger partial charge is 0.345 e. The lowest BCUT2D eigenvalue weighted by atomic mass is 10.00. The third-order valence-electron chi connectivity index (χ3n) is 4.28. The lowest BCUT2D eigenvalue weighted by Crippen LogP contribution is -2.51. The van der Waals surface area contributed by atoms with Crippen molar-refractivity contribution in [3.05, 3.63) is 12.2 Å². The van der Waals surface area contributed by atoms with Crippen LogP contribution in [0.2, 0.25) is 0 Å². The maximum atomic E-state index is 12.3. The fraction of sp³-hybridized carbons (Fsp3) is 0.714. The predicted molar refractivity (Wildman–Crippen MR) is 76.0 cm³/mol. The number of esters is 2. The van der Waals surface area contributed by atoms with E-state index in [0.717, 1.165) is 0 Å². The van der Waals surface area contributed by atoms with E-state index in [1.165, 1.54) is 13.8 Å². The van der Waals surface area contributed by atoms with Crippen LogP contribution in [0.15, 0.2) is 12.2 Å². The Bertz CT molecular complexity index is 607. The van der Waals surface area contributed by atoms with E-state index in [4.69, 9.17) is 8.92 Å². The largest absolute Gasteiger partial charge is 0.450 e. The van der Waals surface area contributed by atoms with Gasteiger partial charge in [0, 0.05) is 11.5 Å². The zero-order valence-corrected chi connectivity index (χ0v) is 13.6. The van der Waals surface area contributed by atoms with Crippen LogP contribution < -0.4 is 0 Å². The Hall–Kier alpha value is -1.41. The van der Waals surface area contributed by atoms with Crippen LogP contribution >= 0.6 is 0 Å². The van der Waals surface area contributed by atoms with Crippen molar-refractivity contribution in [2.24, 2.45) is 11.8 Å². The minimum Gasteiger partial charge on any atom is -0.450 e. The van der Waals surface area contributed by atoms with E-state index >= 15 is 0 Å². The van der Waals surface area contributed by atoms with Gasteiger partial charge < -0.3 is 9.47 Å². The molecule has 7 nitrogen and oxygen atoms in total. The van der Waals surface area contributed by atoms with E-state index in [9.17, 15) is 18.0 Å². The molecule has 0 aromatic carbocycles. The van der Waals surface area contributed by atoms with E-state index in [-0.39, 0.29) is 23.5 Å². The molecule has 0 radical (unpaired) electrons. The van der Waals surface area contributed by atoms with E-state index in [1.54, 1.807) is 0 Å². The average molecular weight is 332 g/mol. The minimum absolute atomic E-state index is 0.0848. The molecule has 1 aliphatic heterocycles. The second kappa shape index (κ2) is 5.66. The van der Waals surface area contributed by atoms with Crippen molar-refractivity contribution in [1.29, 1.82) is 0 Å². The molecule has 22 heavy (non-hydrogen) atoms. The molecular weight excluding hydrogens is 312 g/mol. The SMILES string of the molecule is C=C(C)C(=O)OCC(=O)OC1(C)C2CC(C)C(C2)OS1(=O)=O. The molecule has 0 aromatic heterocycles. The standard InChI is InChI=1S/C14H20O7S/c1-8(2)13(16)19-7-12(15)20-14(4)10-5-9(3)11(6-10)21-22(14,17)18/h9-11H,1,5-7H2,2-4H3. The van der Waals surface area contributed by atoms with E-state index < -0.39 is 33.6 Å². The number of hydrogen-bond donors (Lipinski definition) is 0. The highest BCUT2D eigenvalue weighted by atomic mass is 32.2. The lowest BCUT2D eigenvalue weighted by molar-refractivity contribution is -0.166. The molecule has 4 unspecified atom stereocenters. The Morgan fingerprint density at radius 1 is 1.36 bits per heavy atom. The number of fused-ring (bicyclic) bond motifs is 2. The van der Waals surface area contributed by atoms with Crippen LogP contribution in [-0.2, 0) is 33.4 Å². The second-order valence-corrected chi connectivity index (χ2v) is 7.99. The molecule has 2 aliphatic rings. The Balaban J connectivity index is 2.08. The molecular formula is C14H20O7S. The van der Waals surface area contributed by atoms with Gasteiger partial charge >= 0.3 is 22.1 Å². The maximum absolute atomic E-state index is 12.3. The Morgan fingerprint density at radius 3 is 2.59 bits per heavy atom. The highest BCUT2D eigenvalue weighted by Crippen LogP contribution is 2.49. The third-order valence-corrected chi connectivity index (χ3v) is 6.19. The summed E-state index contributed by atoms with van der Waals surface area (Å²) in [5.74, 6) is -1.91. The third kappa shape index (κ3) is 2.89. The Morgan fingerprint density at radius 2 is 2.00 bits per heavy atom. The first-order chi connectivity index (χ1) is 10.1. The van der Waals surface area contributed by atoms with Crippen molar-refractivity contribution < 1.29 is 31.7 Å². The van der Waals surface area contributed by atoms with Crippen molar-refractivity contribution >= 4 is 22.1 Å². The molecule has 8 heteroatoms. The topological polar surface area (TPSA) is 96.0 Å². The summed E-state index contributed by atoms with van der Waals surface area (Å²) in [6.07, 6.45) is 0.762. The zero-order chi connectivity index (χ0) is 16.7. The van der Waals surface area contributed by atoms with Crippen molar-refractivity contribution in [3.63, 3.8) is 0 Å². The van der Waals surface area contributed by atoms with Crippen LogP contribution in [0.3, 0.4) is 0 Å². The Kier molecular flexibility index (Phi) is 4.36. The lowest BCUT2D eigenvalue weighted by Gasteiger charge is -2.37. The van der Waals surface area contributed by atoms with Gasteiger partial charge in [-0.25, -0.2) is 9.59 Å². The number of carbonyl (C=O) groups excluding carboxylic acids is 2. The van der Waals surface area contributed by atoms with Crippen LogP contribution in [-0.4, -0.2) is 38.0 Å². The molecule has 2 bridgehead atoms. The Labute approximate surface area is 129 Å². The van der Waals surface area contributed by atoms with Gasteiger partial charge in [0.2, 0.25) is 4.93 Å². The maximum Gasteiger partial charge on any atom is 0.345 e. The van der Waals surface area contributed by atoms with Crippen molar-refractivity contribution in [1.82, 2.24) is 0 Å². The quantitative estimate of drug-likeness (QED) is 0.433. The first-order valence-electron chi connectivity index (χ1n) is 7.04. The highest BCUT2D eigenvalue weighted by Gasteiger charge is 2.60. The van der Waals surface area contributed by atoms with Gasteiger partial charge in [-0.15, -0.1) is 0 Å². The van der Waals surface area contributed by atoms with Gasteiger partial charge in [0.1, 0.15) is 0 Å². The van der Waals surface area contributed by atoms with E-state index in [1.807, 2.05) is 6.92 Å². The van der Waals surface area contributed by atoms with Crippen molar-refractivity contribution in [2.75, 3.05) is 6.61 Å². The van der Waals surface area contributed by atoms with Gasteiger partial charge in [-0.2, -0.15) is 8.42 Å². The van der Waals surface area contributed by atoms with Crippen molar-refractivity contribution in [3.8, 4) is 0 Å². The van der Waals surface area contributed by atoms with Gasteiger partial charge in [0.15, 0.2) is 6.61 Å². The molecule has 0 aromatic rings. The van der Waals surface area contributed by atoms with Crippen molar-refractivity contribution in [2.45, 2.75) is 44.6 Å². The average Bonchev–Trinajstić information content (AvgIpc) is 2.73. The summed E-state index contributed by atoms with van der Waals surface area (Å²) < 4.78 is 39.5. The summed E-state index contributed by atoms with van der Waals surface area (Å²) in [5.41, 5.74) is 0.139. The van der Waals surface area contributed by atoms with Crippen LogP contribution in [0.25, 0.3) is 0 Å². The second-order valence-electron chi connectivity index (χ2n) is 6.08. The molecule has 2 rings (SSSR count). The number of hydrogen-bond acceptors (Lipinski definition) is 7.